The van der Waals surface area contributed by atoms with Crippen LogP contribution in [-0.2, 0) is 16.6 Å². The van der Waals surface area contributed by atoms with Gasteiger partial charge in [-0.05, 0) is 73.7 Å². The zero-order chi connectivity index (χ0) is 29.9. The normalized spacial score (nSPS) is 11.3. The van der Waals surface area contributed by atoms with E-state index in [1.807, 2.05) is 0 Å². The Morgan fingerprint density at radius 1 is 1.02 bits per heavy atom. The Bertz CT molecular complexity index is 1830. The summed E-state index contributed by atoms with van der Waals surface area (Å²) in [7, 11) is -2.77. The third kappa shape index (κ3) is 5.89. The van der Waals surface area contributed by atoms with Gasteiger partial charge in [-0.2, -0.15) is 9.78 Å². The predicted molar refractivity (Wildman–Crippen MR) is 148 cm³/mol. The Labute approximate surface area is 239 Å². The highest BCUT2D eigenvalue weighted by Crippen LogP contribution is 2.35. The topological polar surface area (TPSA) is 175 Å². The lowest BCUT2D eigenvalue weighted by Gasteiger charge is -2.16. The number of nitrogens with zero attached hydrogens (tertiary/aromatic N) is 2. The van der Waals surface area contributed by atoms with Gasteiger partial charge in [-0.25, -0.2) is 17.9 Å². The molecule has 3 N–H and O–H groups in total. The predicted octanol–water partition coefficient (Wildman–Crippen LogP) is 4.60. The van der Waals surface area contributed by atoms with Crippen molar-refractivity contribution in [1.29, 1.82) is 0 Å². The molecule has 3 heterocycles. The maximum absolute atomic E-state index is 13.5. The van der Waals surface area contributed by atoms with Crippen molar-refractivity contribution in [3.63, 3.8) is 0 Å². The second-order valence-electron chi connectivity index (χ2n) is 8.79. The van der Waals surface area contributed by atoms with E-state index in [0.29, 0.717) is 17.2 Å². The fraction of sp³-hybridized carbons (Fsp3) is 0.107. The Morgan fingerprint density at radius 3 is 2.40 bits per heavy atom. The number of nitrogens with one attached hydrogen (secondary N) is 2. The Morgan fingerprint density at radius 2 is 1.76 bits per heavy atom. The molecule has 14 heteroatoms. The van der Waals surface area contributed by atoms with Crippen LogP contribution >= 0.6 is 0 Å². The van der Waals surface area contributed by atoms with Crippen molar-refractivity contribution in [2.45, 2.75) is 18.4 Å². The summed E-state index contributed by atoms with van der Waals surface area (Å²) < 4.78 is 52.4. The number of aromatic carboxylic acids is 1. The van der Waals surface area contributed by atoms with Crippen LogP contribution < -0.4 is 19.5 Å². The largest absolute Gasteiger partial charge is 0.497 e. The van der Waals surface area contributed by atoms with E-state index in [-0.39, 0.29) is 45.8 Å². The fourth-order valence-electron chi connectivity index (χ4n) is 3.94. The van der Waals surface area contributed by atoms with Crippen LogP contribution in [0, 0.1) is 6.92 Å². The molecule has 5 rings (SSSR count). The van der Waals surface area contributed by atoms with Crippen LogP contribution in [-0.4, -0.2) is 42.3 Å². The molecule has 1 amide bonds. The van der Waals surface area contributed by atoms with E-state index in [1.54, 1.807) is 42.5 Å². The standard InChI is InChI=1S/C28H24N4O9S/c1-17-25(28(34)35)31-32(19-8-10-20(38-2)11-9-19)27(17)41-22-12-7-18(30-26(33)23-6-4-14-40-23)15-24(22)42(36,37)29-16-21-5-3-13-39-21/h3-15,29H,16H2,1-2H3,(H,30,33)(H,34,35). The van der Waals surface area contributed by atoms with Crippen molar-refractivity contribution < 1.29 is 41.4 Å². The number of ether oxygens (including phenoxy) is 2. The molecule has 0 spiro atoms. The van der Waals surface area contributed by atoms with Gasteiger partial charge in [-0.3, -0.25) is 4.79 Å². The van der Waals surface area contributed by atoms with Gasteiger partial charge in [0.15, 0.2) is 11.5 Å². The number of hydrogen-bond donors (Lipinski definition) is 3. The number of hydrogen-bond acceptors (Lipinski definition) is 9. The second kappa shape index (κ2) is 11.6. The summed E-state index contributed by atoms with van der Waals surface area (Å²) in [6.45, 7) is 1.33. The molecule has 0 aliphatic rings. The Kier molecular flexibility index (Phi) is 7.82. The van der Waals surface area contributed by atoms with Gasteiger partial charge in [0.1, 0.15) is 22.2 Å². The molecule has 0 saturated carbocycles. The summed E-state index contributed by atoms with van der Waals surface area (Å²) in [4.78, 5) is 24.1. The van der Waals surface area contributed by atoms with E-state index in [1.165, 1.54) is 55.5 Å². The number of carboxylic acid groups (broad SMARTS) is 1. The summed E-state index contributed by atoms with van der Waals surface area (Å²) in [5, 5.41) is 16.5. The van der Waals surface area contributed by atoms with Crippen molar-refractivity contribution in [2.75, 3.05) is 12.4 Å². The number of carboxylic acids is 1. The highest BCUT2D eigenvalue weighted by Gasteiger charge is 2.27. The molecular weight excluding hydrogens is 568 g/mol. The summed E-state index contributed by atoms with van der Waals surface area (Å²) in [6, 6.07) is 16.8. The first-order valence-electron chi connectivity index (χ1n) is 12.3. The van der Waals surface area contributed by atoms with Crippen molar-refractivity contribution in [3.8, 4) is 23.1 Å². The van der Waals surface area contributed by atoms with E-state index in [0.717, 1.165) is 0 Å². The number of carbonyl (C=O) groups is 2. The van der Waals surface area contributed by atoms with Gasteiger partial charge in [0.2, 0.25) is 15.9 Å². The molecule has 5 aromatic rings. The maximum atomic E-state index is 13.5. The molecule has 13 nitrogen and oxygen atoms in total. The molecule has 0 atom stereocenters. The quantitative estimate of drug-likeness (QED) is 0.197. The lowest BCUT2D eigenvalue weighted by atomic mass is 10.2. The molecule has 2 aromatic carbocycles. The molecule has 3 aromatic heterocycles. The zero-order valence-electron chi connectivity index (χ0n) is 22.2. The van der Waals surface area contributed by atoms with Crippen LogP contribution in [0.4, 0.5) is 5.69 Å². The number of rotatable bonds is 11. The minimum Gasteiger partial charge on any atom is -0.497 e. The van der Waals surface area contributed by atoms with Crippen molar-refractivity contribution >= 4 is 27.6 Å². The minimum absolute atomic E-state index is 0.0240. The van der Waals surface area contributed by atoms with Crippen LogP contribution in [0.15, 0.2) is 93.0 Å². The number of methoxy groups -OCH3 is 1. The van der Waals surface area contributed by atoms with E-state index in [4.69, 9.17) is 18.3 Å². The Balaban J connectivity index is 1.57. The number of amides is 1. The monoisotopic (exact) mass is 592 g/mol. The van der Waals surface area contributed by atoms with Crippen LogP contribution in [0.5, 0.6) is 17.4 Å². The molecule has 0 aliphatic carbocycles. The molecule has 0 bridgehead atoms. The lowest BCUT2D eigenvalue weighted by Crippen LogP contribution is -2.24. The number of furan rings is 2. The van der Waals surface area contributed by atoms with Crippen LogP contribution in [0.3, 0.4) is 0 Å². The van der Waals surface area contributed by atoms with E-state index < -0.39 is 21.9 Å². The SMILES string of the molecule is COc1ccc(-n2nc(C(=O)O)c(C)c2Oc2ccc(NC(=O)c3ccco3)cc2S(=O)(=O)NCc2ccco2)cc1. The molecular formula is C28H24N4O9S. The van der Waals surface area contributed by atoms with Crippen LogP contribution in [0.1, 0.15) is 32.4 Å². The first-order valence-corrected chi connectivity index (χ1v) is 13.8. The maximum Gasteiger partial charge on any atom is 0.356 e. The summed E-state index contributed by atoms with van der Waals surface area (Å²) >= 11 is 0. The zero-order valence-corrected chi connectivity index (χ0v) is 23.0. The van der Waals surface area contributed by atoms with E-state index in [9.17, 15) is 23.1 Å². The highest BCUT2D eigenvalue weighted by molar-refractivity contribution is 7.89. The molecule has 0 radical (unpaired) electrons. The average Bonchev–Trinajstić information content (AvgIpc) is 3.76. The third-order valence-corrected chi connectivity index (χ3v) is 7.47. The number of carbonyl (C=O) groups excluding carboxylic acids is 1. The smallest absolute Gasteiger partial charge is 0.356 e. The van der Waals surface area contributed by atoms with Crippen LogP contribution in [0.25, 0.3) is 5.69 Å². The van der Waals surface area contributed by atoms with Gasteiger partial charge in [-0.15, -0.1) is 0 Å². The highest BCUT2D eigenvalue weighted by atomic mass is 32.2. The van der Waals surface area contributed by atoms with E-state index >= 15 is 0 Å². The molecule has 216 valence electrons. The first kappa shape index (κ1) is 28.2. The lowest BCUT2D eigenvalue weighted by molar-refractivity contribution is 0.0689. The number of aromatic nitrogens is 2. The van der Waals surface area contributed by atoms with E-state index in [2.05, 4.69) is 15.1 Å². The number of benzene rings is 2. The van der Waals surface area contributed by atoms with Crippen molar-refractivity contribution in [1.82, 2.24) is 14.5 Å². The fourth-order valence-corrected chi connectivity index (χ4v) is 5.09. The number of anilines is 1. The summed E-state index contributed by atoms with van der Waals surface area (Å²) in [6.07, 6.45) is 2.74. The Hall–Kier alpha value is -5.34. The average molecular weight is 593 g/mol. The van der Waals surface area contributed by atoms with Gasteiger partial charge in [0, 0.05) is 11.3 Å². The van der Waals surface area contributed by atoms with Gasteiger partial charge in [-0.1, -0.05) is 0 Å². The third-order valence-electron chi connectivity index (χ3n) is 6.05. The van der Waals surface area contributed by atoms with Crippen molar-refractivity contribution in [3.05, 3.63) is 102 Å². The first-order chi connectivity index (χ1) is 20.2. The van der Waals surface area contributed by atoms with Crippen LogP contribution in [0.2, 0.25) is 0 Å². The molecule has 0 aliphatic heterocycles. The summed E-state index contributed by atoms with van der Waals surface area (Å²) in [5.41, 5.74) is 0.432. The van der Waals surface area contributed by atoms with Gasteiger partial charge < -0.3 is 28.7 Å². The van der Waals surface area contributed by atoms with Gasteiger partial charge in [0.05, 0.1) is 31.9 Å². The van der Waals surface area contributed by atoms with Gasteiger partial charge >= 0.3 is 5.97 Å². The molecule has 0 saturated heterocycles. The van der Waals surface area contributed by atoms with Crippen molar-refractivity contribution in [2.24, 2.45) is 0 Å². The second-order valence-corrected chi connectivity index (χ2v) is 10.5. The summed E-state index contributed by atoms with van der Waals surface area (Å²) in [5.74, 6) is -1.14. The number of sulfonamides is 1. The minimum atomic E-state index is -4.28. The molecule has 0 fully saturated rings. The van der Waals surface area contributed by atoms with Gasteiger partial charge in [0.25, 0.3) is 5.91 Å². The molecule has 0 unspecified atom stereocenters. The molecule has 42 heavy (non-hydrogen) atoms.